The van der Waals surface area contributed by atoms with Crippen LogP contribution in [0.1, 0.15) is 29.0 Å². The van der Waals surface area contributed by atoms with Crippen LogP contribution in [0.25, 0.3) is 22.3 Å². The Morgan fingerprint density at radius 2 is 2.06 bits per heavy atom. The first-order valence-electron chi connectivity index (χ1n) is 10.2. The minimum absolute atomic E-state index is 0.176. The first-order chi connectivity index (χ1) is 15.5. The van der Waals surface area contributed by atoms with Gasteiger partial charge in [0.15, 0.2) is 0 Å². The number of fused-ring (bicyclic) bond motifs is 1. The number of ether oxygens (including phenoxy) is 1. The van der Waals surface area contributed by atoms with Gasteiger partial charge in [-0.2, -0.15) is 0 Å². The lowest BCUT2D eigenvalue weighted by molar-refractivity contribution is -0.147. The van der Waals surface area contributed by atoms with Crippen LogP contribution < -0.4 is 0 Å². The molecule has 162 valence electrons. The van der Waals surface area contributed by atoms with Crippen LogP contribution in [0.4, 0.5) is 0 Å². The van der Waals surface area contributed by atoms with Crippen LogP contribution in [-0.4, -0.2) is 65.9 Å². The average Bonchev–Trinajstić information content (AvgIpc) is 3.51. The molecule has 1 saturated heterocycles. The highest BCUT2D eigenvalue weighted by molar-refractivity contribution is 5.97. The van der Waals surface area contributed by atoms with Crippen molar-refractivity contribution in [3.63, 3.8) is 0 Å². The van der Waals surface area contributed by atoms with Gasteiger partial charge in [-0.1, -0.05) is 5.21 Å². The Balaban J connectivity index is 1.41. The van der Waals surface area contributed by atoms with Gasteiger partial charge in [-0.3, -0.25) is 14.6 Å². The SMILES string of the molecule is CC(=O)O[C@@H]1CN(C(=O)c2cnc3[nH]ccc3c2)C[C@@H]1n1cc(-c2ccnc(C)c2)nn1. The molecule has 5 rings (SSSR count). The van der Waals surface area contributed by atoms with Crippen LogP contribution >= 0.6 is 0 Å². The summed E-state index contributed by atoms with van der Waals surface area (Å²) in [4.78, 5) is 38.1. The highest BCUT2D eigenvalue weighted by Crippen LogP contribution is 2.28. The molecule has 32 heavy (non-hydrogen) atoms. The Morgan fingerprint density at radius 3 is 2.88 bits per heavy atom. The van der Waals surface area contributed by atoms with E-state index in [-0.39, 0.29) is 18.5 Å². The van der Waals surface area contributed by atoms with Gasteiger partial charge < -0.3 is 14.6 Å². The average molecular weight is 431 g/mol. The third kappa shape index (κ3) is 3.70. The van der Waals surface area contributed by atoms with Crippen LogP contribution in [0.15, 0.2) is 49.1 Å². The second-order valence-corrected chi connectivity index (χ2v) is 7.83. The molecule has 0 aromatic carbocycles. The summed E-state index contributed by atoms with van der Waals surface area (Å²) in [6, 6.07) is 7.10. The molecular formula is C22H21N7O3. The summed E-state index contributed by atoms with van der Waals surface area (Å²) < 4.78 is 7.20. The summed E-state index contributed by atoms with van der Waals surface area (Å²) in [6.07, 6.45) is 6.32. The third-order valence-electron chi connectivity index (χ3n) is 5.53. The second kappa shape index (κ2) is 7.88. The van der Waals surface area contributed by atoms with Crippen molar-refractivity contribution in [3.05, 3.63) is 60.3 Å². The molecule has 0 spiro atoms. The van der Waals surface area contributed by atoms with E-state index in [2.05, 4.69) is 25.3 Å². The van der Waals surface area contributed by atoms with Crippen LogP contribution in [-0.2, 0) is 9.53 Å². The van der Waals surface area contributed by atoms with Gasteiger partial charge in [0.2, 0.25) is 0 Å². The molecule has 4 aromatic heterocycles. The van der Waals surface area contributed by atoms with Crippen molar-refractivity contribution in [3.8, 4) is 11.3 Å². The molecule has 0 saturated carbocycles. The van der Waals surface area contributed by atoms with Crippen molar-refractivity contribution in [2.75, 3.05) is 13.1 Å². The Morgan fingerprint density at radius 1 is 1.19 bits per heavy atom. The minimum atomic E-state index is -0.533. The zero-order valence-electron chi connectivity index (χ0n) is 17.6. The molecule has 1 aliphatic heterocycles. The van der Waals surface area contributed by atoms with Crippen LogP contribution in [0.2, 0.25) is 0 Å². The standard InChI is InChI=1S/C22H21N7O3/c1-13-7-15(3-5-23-13)18-10-29(27-26-18)19-11-28(12-20(19)32-14(2)30)22(31)17-8-16-4-6-24-21(16)25-9-17/h3-10,19-20H,11-12H2,1-2H3,(H,24,25)/t19-,20+/m0/s1. The molecule has 1 aliphatic rings. The maximum atomic E-state index is 13.2. The molecule has 1 amide bonds. The highest BCUT2D eigenvalue weighted by atomic mass is 16.5. The van der Waals surface area contributed by atoms with Crippen molar-refractivity contribution in [1.82, 2.24) is 34.8 Å². The molecule has 0 aliphatic carbocycles. The number of pyridine rings is 2. The van der Waals surface area contributed by atoms with Gasteiger partial charge in [-0.05, 0) is 31.2 Å². The van der Waals surface area contributed by atoms with E-state index in [4.69, 9.17) is 4.74 Å². The summed E-state index contributed by atoms with van der Waals surface area (Å²) in [6.45, 7) is 3.86. The van der Waals surface area contributed by atoms with Gasteiger partial charge in [-0.25, -0.2) is 9.67 Å². The fourth-order valence-electron chi connectivity index (χ4n) is 4.02. The van der Waals surface area contributed by atoms with Crippen molar-refractivity contribution < 1.29 is 14.3 Å². The molecule has 10 nitrogen and oxygen atoms in total. The lowest BCUT2D eigenvalue weighted by atomic mass is 10.2. The molecule has 0 bridgehead atoms. The number of carbonyl (C=O) groups is 2. The van der Waals surface area contributed by atoms with Gasteiger partial charge >= 0.3 is 5.97 Å². The summed E-state index contributed by atoms with van der Waals surface area (Å²) >= 11 is 0. The summed E-state index contributed by atoms with van der Waals surface area (Å²) in [7, 11) is 0. The molecule has 0 radical (unpaired) electrons. The Kier molecular flexibility index (Phi) is 4.89. The van der Waals surface area contributed by atoms with Crippen LogP contribution in [0, 0.1) is 6.92 Å². The van der Waals surface area contributed by atoms with Gasteiger partial charge in [0.1, 0.15) is 23.5 Å². The van der Waals surface area contributed by atoms with Crippen LogP contribution in [0.5, 0.6) is 0 Å². The molecule has 4 aromatic rings. The predicted molar refractivity (Wildman–Crippen MR) is 115 cm³/mol. The van der Waals surface area contributed by atoms with E-state index >= 15 is 0 Å². The number of H-pyrrole nitrogens is 1. The molecule has 10 heteroatoms. The smallest absolute Gasteiger partial charge is 0.303 e. The first kappa shape index (κ1) is 19.9. The molecule has 5 heterocycles. The molecule has 0 unspecified atom stereocenters. The number of nitrogens with zero attached hydrogens (tertiary/aromatic N) is 6. The summed E-state index contributed by atoms with van der Waals surface area (Å²) in [5.41, 5.74) is 3.65. The number of nitrogens with one attached hydrogen (secondary N) is 1. The van der Waals surface area contributed by atoms with Crippen molar-refractivity contribution in [2.45, 2.75) is 26.0 Å². The quantitative estimate of drug-likeness (QED) is 0.492. The topological polar surface area (TPSA) is 119 Å². The maximum absolute atomic E-state index is 13.2. The van der Waals surface area contributed by atoms with E-state index in [9.17, 15) is 9.59 Å². The lowest BCUT2D eigenvalue weighted by Gasteiger charge is -2.17. The third-order valence-corrected chi connectivity index (χ3v) is 5.53. The largest absolute Gasteiger partial charge is 0.458 e. The number of hydrogen-bond acceptors (Lipinski definition) is 7. The van der Waals surface area contributed by atoms with Crippen molar-refractivity contribution in [2.24, 2.45) is 0 Å². The fraction of sp³-hybridized carbons (Fsp3) is 0.273. The number of aromatic amines is 1. The Bertz CT molecular complexity index is 1310. The van der Waals surface area contributed by atoms with E-state index < -0.39 is 12.1 Å². The van der Waals surface area contributed by atoms with Gasteiger partial charge in [0, 0.05) is 48.7 Å². The van der Waals surface area contributed by atoms with Gasteiger partial charge in [-0.15, -0.1) is 5.10 Å². The number of rotatable bonds is 4. The highest BCUT2D eigenvalue weighted by Gasteiger charge is 2.39. The maximum Gasteiger partial charge on any atom is 0.303 e. The van der Waals surface area contributed by atoms with Gasteiger partial charge in [0.05, 0.1) is 18.3 Å². The molecular weight excluding hydrogens is 410 g/mol. The lowest BCUT2D eigenvalue weighted by Crippen LogP contribution is -2.30. The zero-order valence-corrected chi connectivity index (χ0v) is 17.6. The number of aromatic nitrogens is 6. The molecule has 1 N–H and O–H groups in total. The molecule has 2 atom stereocenters. The monoisotopic (exact) mass is 431 g/mol. The number of carbonyl (C=O) groups excluding carboxylic acids is 2. The normalized spacial score (nSPS) is 18.2. The number of aryl methyl sites for hydroxylation is 1. The number of esters is 1. The van der Waals surface area contributed by atoms with E-state index in [1.807, 2.05) is 25.1 Å². The molecule has 1 fully saturated rings. The number of amides is 1. The summed E-state index contributed by atoms with van der Waals surface area (Å²) in [5.74, 6) is -0.583. The van der Waals surface area contributed by atoms with Crippen LogP contribution in [0.3, 0.4) is 0 Å². The fourth-order valence-corrected chi connectivity index (χ4v) is 4.02. The van der Waals surface area contributed by atoms with Crippen molar-refractivity contribution in [1.29, 1.82) is 0 Å². The summed E-state index contributed by atoms with van der Waals surface area (Å²) in [5, 5.41) is 9.39. The number of likely N-dealkylation sites (tertiary alicyclic amines) is 1. The Hall–Kier alpha value is -4.08. The zero-order chi connectivity index (χ0) is 22.2. The van der Waals surface area contributed by atoms with Crippen molar-refractivity contribution >= 4 is 22.9 Å². The first-order valence-corrected chi connectivity index (χ1v) is 10.2. The predicted octanol–water partition coefficient (Wildman–Crippen LogP) is 2.15. The minimum Gasteiger partial charge on any atom is -0.458 e. The van der Waals surface area contributed by atoms with Gasteiger partial charge in [0.25, 0.3) is 5.91 Å². The van der Waals surface area contributed by atoms with E-state index in [0.717, 1.165) is 22.3 Å². The van der Waals surface area contributed by atoms with E-state index in [0.29, 0.717) is 17.8 Å². The number of hydrogen-bond donors (Lipinski definition) is 1. The Labute approximate surface area is 183 Å². The second-order valence-electron chi connectivity index (χ2n) is 7.83. The van der Waals surface area contributed by atoms with E-state index in [1.165, 1.54) is 6.92 Å². The van der Waals surface area contributed by atoms with E-state index in [1.54, 1.807) is 40.4 Å².